The molecule has 214 valence electrons. The first-order valence-electron chi connectivity index (χ1n) is 14.0. The maximum Gasteiger partial charge on any atom is 0.249 e. The summed E-state index contributed by atoms with van der Waals surface area (Å²) in [5.74, 6) is -0.373. The smallest absolute Gasteiger partial charge is 0.249 e. The fraction of sp³-hybridized carbons (Fsp3) is 0.655. The Balaban J connectivity index is 1.46. The van der Waals surface area contributed by atoms with Crippen molar-refractivity contribution in [3.63, 3.8) is 0 Å². The quantitative estimate of drug-likeness (QED) is 0.323. The van der Waals surface area contributed by atoms with Gasteiger partial charge in [0, 0.05) is 13.0 Å². The molecule has 0 unspecified atom stereocenters. The lowest BCUT2D eigenvalue weighted by Gasteiger charge is -2.26. The SMILES string of the molecule is COc1ccc(C[C@H](NC(=O)[C@@H](C)NC(=O)[C@@H]2CCCO2)C(=O)N[C@@H](CC2CCCC2)C(=O)[C@@]2(C)CO2)cc1. The highest BCUT2D eigenvalue weighted by Crippen LogP contribution is 2.33. The highest BCUT2D eigenvalue weighted by atomic mass is 16.6. The van der Waals surface area contributed by atoms with E-state index in [1.807, 2.05) is 12.1 Å². The summed E-state index contributed by atoms with van der Waals surface area (Å²) in [5, 5.41) is 8.43. The molecule has 1 saturated carbocycles. The molecule has 3 fully saturated rings. The van der Waals surface area contributed by atoms with Crippen molar-refractivity contribution >= 4 is 23.5 Å². The third-order valence-corrected chi connectivity index (χ3v) is 7.98. The van der Waals surface area contributed by atoms with E-state index in [2.05, 4.69) is 16.0 Å². The number of rotatable bonds is 13. The Morgan fingerprint density at radius 1 is 0.974 bits per heavy atom. The maximum absolute atomic E-state index is 13.6. The van der Waals surface area contributed by atoms with Crippen LogP contribution in [-0.4, -0.2) is 73.7 Å². The van der Waals surface area contributed by atoms with E-state index in [1.165, 1.54) is 0 Å². The molecule has 0 aromatic heterocycles. The van der Waals surface area contributed by atoms with E-state index in [0.29, 0.717) is 37.7 Å². The van der Waals surface area contributed by atoms with Crippen molar-refractivity contribution in [2.45, 2.75) is 95.0 Å². The molecule has 0 radical (unpaired) electrons. The number of Topliss-reactive ketones (excluding diaryl/α,β-unsaturated/α-hetero) is 1. The molecule has 10 heteroatoms. The van der Waals surface area contributed by atoms with Gasteiger partial charge in [0.15, 0.2) is 5.78 Å². The number of ketones is 1. The van der Waals surface area contributed by atoms with Crippen molar-refractivity contribution in [3.05, 3.63) is 29.8 Å². The van der Waals surface area contributed by atoms with Gasteiger partial charge >= 0.3 is 0 Å². The summed E-state index contributed by atoms with van der Waals surface area (Å²) in [5.41, 5.74) is -0.0599. The number of epoxide rings is 1. The Kier molecular flexibility index (Phi) is 9.61. The Morgan fingerprint density at radius 2 is 1.64 bits per heavy atom. The third-order valence-electron chi connectivity index (χ3n) is 7.98. The normalized spacial score (nSPS) is 24.8. The second-order valence-electron chi connectivity index (χ2n) is 11.2. The molecule has 2 aliphatic heterocycles. The Hall–Kier alpha value is -2.98. The minimum atomic E-state index is -0.959. The zero-order valence-electron chi connectivity index (χ0n) is 23.1. The van der Waals surface area contributed by atoms with E-state index in [1.54, 1.807) is 33.1 Å². The van der Waals surface area contributed by atoms with Crippen molar-refractivity contribution in [2.24, 2.45) is 5.92 Å². The van der Waals surface area contributed by atoms with Crippen LogP contribution in [0, 0.1) is 5.92 Å². The van der Waals surface area contributed by atoms with E-state index in [0.717, 1.165) is 37.7 Å². The standard InChI is InChI=1S/C29H41N3O7/c1-18(30-28(36)24-9-6-14-38-24)26(34)32-23(16-20-10-12-21(37-3)13-11-20)27(35)31-22(15-19-7-4-5-8-19)25(33)29(2)17-39-29/h10-13,18-19,22-24H,4-9,14-17H2,1-3H3,(H,30,36)(H,31,35)(H,32,34)/t18-,22+,23+,24+,29-/m1/s1. The first-order chi connectivity index (χ1) is 18.7. The number of benzene rings is 1. The number of methoxy groups -OCH3 is 1. The van der Waals surface area contributed by atoms with Gasteiger partial charge in [-0.25, -0.2) is 0 Å². The van der Waals surface area contributed by atoms with Gasteiger partial charge in [-0.15, -0.1) is 0 Å². The van der Waals surface area contributed by atoms with Crippen molar-refractivity contribution in [3.8, 4) is 5.75 Å². The molecule has 1 aromatic rings. The number of hydrogen-bond donors (Lipinski definition) is 3. The van der Waals surface area contributed by atoms with Gasteiger partial charge in [-0.1, -0.05) is 37.8 Å². The van der Waals surface area contributed by atoms with Crippen LogP contribution in [0.3, 0.4) is 0 Å². The fourth-order valence-corrected chi connectivity index (χ4v) is 5.36. The second kappa shape index (κ2) is 12.9. The predicted molar refractivity (Wildman–Crippen MR) is 143 cm³/mol. The van der Waals surface area contributed by atoms with Gasteiger partial charge in [0.2, 0.25) is 17.7 Å². The van der Waals surface area contributed by atoms with Gasteiger partial charge in [0.1, 0.15) is 29.5 Å². The molecular formula is C29H41N3O7. The van der Waals surface area contributed by atoms with Crippen molar-refractivity contribution in [2.75, 3.05) is 20.3 Å². The summed E-state index contributed by atoms with van der Waals surface area (Å²) in [6.45, 7) is 4.19. The molecule has 1 aliphatic carbocycles. The van der Waals surface area contributed by atoms with Gasteiger partial charge in [-0.2, -0.15) is 0 Å². The van der Waals surface area contributed by atoms with E-state index in [-0.39, 0.29) is 18.1 Å². The van der Waals surface area contributed by atoms with Gasteiger partial charge < -0.3 is 30.2 Å². The van der Waals surface area contributed by atoms with Gasteiger partial charge in [-0.3, -0.25) is 19.2 Å². The molecule has 39 heavy (non-hydrogen) atoms. The largest absolute Gasteiger partial charge is 0.497 e. The predicted octanol–water partition coefficient (Wildman–Crippen LogP) is 1.83. The van der Waals surface area contributed by atoms with Crippen LogP contribution < -0.4 is 20.7 Å². The molecular weight excluding hydrogens is 502 g/mol. The lowest BCUT2D eigenvalue weighted by molar-refractivity contribution is -0.136. The number of carbonyl (C=O) groups is 4. The maximum atomic E-state index is 13.6. The first kappa shape index (κ1) is 29.0. The Bertz CT molecular complexity index is 1030. The number of carbonyl (C=O) groups excluding carboxylic acids is 4. The zero-order chi connectivity index (χ0) is 28.0. The fourth-order valence-electron chi connectivity index (χ4n) is 5.36. The summed E-state index contributed by atoms with van der Waals surface area (Å²) in [6.07, 6.45) is 5.92. The van der Waals surface area contributed by atoms with Crippen LogP contribution in [0.15, 0.2) is 24.3 Å². The number of amides is 3. The van der Waals surface area contributed by atoms with Gasteiger partial charge in [0.05, 0.1) is 19.8 Å². The summed E-state index contributed by atoms with van der Waals surface area (Å²) < 4.78 is 16.0. The molecule has 2 saturated heterocycles. The van der Waals surface area contributed by atoms with E-state index in [4.69, 9.17) is 14.2 Å². The summed E-state index contributed by atoms with van der Waals surface area (Å²) >= 11 is 0. The van der Waals surface area contributed by atoms with Crippen LogP contribution in [-0.2, 0) is 35.1 Å². The lowest BCUT2D eigenvalue weighted by Crippen LogP contribution is -2.57. The van der Waals surface area contributed by atoms with Crippen LogP contribution >= 0.6 is 0 Å². The summed E-state index contributed by atoms with van der Waals surface area (Å²) in [4.78, 5) is 52.5. The molecule has 0 spiro atoms. The highest BCUT2D eigenvalue weighted by Gasteiger charge is 2.50. The summed E-state index contributed by atoms with van der Waals surface area (Å²) in [6, 6.07) is 4.70. The van der Waals surface area contributed by atoms with Crippen LogP contribution in [0.2, 0.25) is 0 Å². The molecule has 3 N–H and O–H groups in total. The third kappa shape index (κ3) is 7.79. The van der Waals surface area contributed by atoms with Gasteiger partial charge in [-0.05, 0) is 56.7 Å². The van der Waals surface area contributed by atoms with Crippen molar-refractivity contribution < 1.29 is 33.4 Å². The van der Waals surface area contributed by atoms with Gasteiger partial charge in [0.25, 0.3) is 0 Å². The lowest BCUT2D eigenvalue weighted by atomic mass is 9.90. The molecule has 3 aliphatic rings. The zero-order valence-corrected chi connectivity index (χ0v) is 23.1. The van der Waals surface area contributed by atoms with Crippen molar-refractivity contribution in [1.29, 1.82) is 0 Å². The van der Waals surface area contributed by atoms with Crippen LogP contribution in [0.4, 0.5) is 0 Å². The van der Waals surface area contributed by atoms with Crippen LogP contribution in [0.1, 0.15) is 64.4 Å². The van der Waals surface area contributed by atoms with Crippen molar-refractivity contribution in [1.82, 2.24) is 16.0 Å². The molecule has 0 bridgehead atoms. The van der Waals surface area contributed by atoms with E-state index >= 15 is 0 Å². The molecule has 4 rings (SSSR count). The number of ether oxygens (including phenoxy) is 3. The average molecular weight is 544 g/mol. The number of hydrogen-bond acceptors (Lipinski definition) is 7. The Labute approximate surface area is 229 Å². The highest BCUT2D eigenvalue weighted by molar-refractivity contribution is 5.98. The minimum Gasteiger partial charge on any atom is -0.497 e. The van der Waals surface area contributed by atoms with E-state index < -0.39 is 41.6 Å². The minimum absolute atomic E-state index is 0.130. The first-order valence-corrected chi connectivity index (χ1v) is 14.0. The summed E-state index contributed by atoms with van der Waals surface area (Å²) in [7, 11) is 1.57. The molecule has 1 aromatic carbocycles. The monoisotopic (exact) mass is 543 g/mol. The topological polar surface area (TPSA) is 135 Å². The van der Waals surface area contributed by atoms with E-state index in [9.17, 15) is 19.2 Å². The molecule has 5 atom stereocenters. The molecule has 3 amide bonds. The average Bonchev–Trinajstić information content (AvgIpc) is 3.32. The van der Waals surface area contributed by atoms with Crippen LogP contribution in [0.25, 0.3) is 0 Å². The second-order valence-corrected chi connectivity index (χ2v) is 11.2. The Morgan fingerprint density at radius 3 is 2.23 bits per heavy atom. The molecule has 2 heterocycles. The number of nitrogens with one attached hydrogen (secondary N) is 3. The molecule has 10 nitrogen and oxygen atoms in total. The van der Waals surface area contributed by atoms with Crippen LogP contribution in [0.5, 0.6) is 5.75 Å².